The van der Waals surface area contributed by atoms with E-state index < -0.39 is 0 Å². The molecular formula is C36H20N6. The molecule has 0 saturated heterocycles. The number of hydrogen-bond donors (Lipinski definition) is 0. The minimum absolute atomic E-state index is 0.440. The van der Waals surface area contributed by atoms with Crippen molar-refractivity contribution >= 4 is 0 Å². The molecule has 0 atom stereocenters. The number of nitrogens with zero attached hydrogens (tertiary/aromatic N) is 6. The summed E-state index contributed by atoms with van der Waals surface area (Å²) >= 11 is 0. The molecule has 0 bridgehead atoms. The lowest BCUT2D eigenvalue weighted by Crippen LogP contribution is -2.04. The number of rotatable bonds is 5. The monoisotopic (exact) mass is 536 g/mol. The van der Waals surface area contributed by atoms with Crippen molar-refractivity contribution in [2.45, 2.75) is 0 Å². The van der Waals surface area contributed by atoms with Gasteiger partial charge in [0.2, 0.25) is 0 Å². The summed E-state index contributed by atoms with van der Waals surface area (Å²) in [6.45, 7) is 0. The van der Waals surface area contributed by atoms with Crippen LogP contribution in [-0.4, -0.2) is 15.0 Å². The van der Waals surface area contributed by atoms with E-state index in [1.54, 1.807) is 36.8 Å². The predicted molar refractivity (Wildman–Crippen MR) is 161 cm³/mol. The summed E-state index contributed by atoms with van der Waals surface area (Å²) in [5, 5.41) is 30.5. The van der Waals surface area contributed by atoms with Crippen LogP contribution in [0.25, 0.3) is 56.0 Å². The lowest BCUT2D eigenvalue weighted by atomic mass is 9.82. The van der Waals surface area contributed by atoms with Crippen molar-refractivity contribution in [1.82, 2.24) is 15.0 Å². The van der Waals surface area contributed by atoms with Gasteiger partial charge in [0.15, 0.2) is 0 Å². The Morgan fingerprint density at radius 2 is 1.02 bits per heavy atom. The topological polar surface area (TPSA) is 110 Å². The molecule has 6 heteroatoms. The molecule has 0 aliphatic carbocycles. The molecule has 0 aliphatic rings. The Balaban J connectivity index is 1.93. The Morgan fingerprint density at radius 1 is 0.476 bits per heavy atom. The van der Waals surface area contributed by atoms with E-state index in [2.05, 4.69) is 23.2 Å². The van der Waals surface area contributed by atoms with Crippen LogP contribution in [0.4, 0.5) is 0 Å². The highest BCUT2D eigenvalue weighted by atomic mass is 14.8. The highest BCUT2D eigenvalue weighted by Gasteiger charge is 2.28. The van der Waals surface area contributed by atoms with Gasteiger partial charge in [-0.3, -0.25) is 9.97 Å². The summed E-state index contributed by atoms with van der Waals surface area (Å²) in [6.07, 6.45) is 5.15. The summed E-state index contributed by atoms with van der Waals surface area (Å²) < 4.78 is 0. The van der Waals surface area contributed by atoms with Gasteiger partial charge in [-0.15, -0.1) is 0 Å². The second-order valence-electron chi connectivity index (χ2n) is 9.36. The summed E-state index contributed by atoms with van der Waals surface area (Å²) in [7, 11) is 0. The zero-order chi connectivity index (χ0) is 28.9. The summed E-state index contributed by atoms with van der Waals surface area (Å²) in [5.74, 6) is 0. The Kier molecular flexibility index (Phi) is 6.99. The molecule has 6 rings (SSSR count). The maximum absolute atomic E-state index is 10.3. The summed E-state index contributed by atoms with van der Waals surface area (Å²) in [4.78, 5) is 14.4. The van der Waals surface area contributed by atoms with E-state index in [0.29, 0.717) is 67.2 Å². The number of nitriles is 3. The molecule has 194 valence electrons. The second kappa shape index (κ2) is 11.4. The van der Waals surface area contributed by atoms with Crippen LogP contribution in [0, 0.1) is 34.0 Å². The fourth-order valence-electron chi connectivity index (χ4n) is 5.17. The Bertz CT molecular complexity index is 1940. The van der Waals surface area contributed by atoms with E-state index in [9.17, 15) is 15.8 Å². The van der Waals surface area contributed by atoms with Gasteiger partial charge >= 0.3 is 0 Å². The smallest absolute Gasteiger partial charge is 0.0998 e. The molecule has 0 N–H and O–H groups in total. The fraction of sp³-hybridized carbons (Fsp3) is 0. The molecule has 6 nitrogen and oxygen atoms in total. The quantitative estimate of drug-likeness (QED) is 0.222. The van der Waals surface area contributed by atoms with E-state index in [1.807, 2.05) is 84.9 Å². The maximum atomic E-state index is 10.3. The molecule has 0 unspecified atom stereocenters. The van der Waals surface area contributed by atoms with E-state index in [1.165, 1.54) is 0 Å². The first-order valence-electron chi connectivity index (χ1n) is 13.1. The molecule has 6 aromatic rings. The van der Waals surface area contributed by atoms with Gasteiger partial charge in [0.25, 0.3) is 0 Å². The second-order valence-corrected chi connectivity index (χ2v) is 9.36. The zero-order valence-corrected chi connectivity index (χ0v) is 22.2. The van der Waals surface area contributed by atoms with Crippen molar-refractivity contribution in [2.75, 3.05) is 0 Å². The molecule has 0 saturated carbocycles. The van der Waals surface area contributed by atoms with Crippen LogP contribution in [0.3, 0.4) is 0 Å². The number of pyridine rings is 3. The van der Waals surface area contributed by atoms with E-state index >= 15 is 0 Å². The maximum Gasteiger partial charge on any atom is 0.0998 e. The fourth-order valence-corrected chi connectivity index (χ4v) is 5.17. The Labute approximate surface area is 243 Å². The first kappa shape index (κ1) is 25.8. The molecule has 3 aromatic carbocycles. The van der Waals surface area contributed by atoms with Gasteiger partial charge in [0, 0.05) is 57.5 Å². The van der Waals surface area contributed by atoms with Crippen molar-refractivity contribution in [3.05, 3.63) is 138 Å². The van der Waals surface area contributed by atoms with Crippen molar-refractivity contribution in [1.29, 1.82) is 15.8 Å². The Morgan fingerprint density at radius 3 is 1.57 bits per heavy atom. The first-order chi connectivity index (χ1) is 20.7. The predicted octanol–water partition coefficient (Wildman–Crippen LogP) is 7.82. The third-order valence-electron chi connectivity index (χ3n) is 6.99. The average molecular weight is 537 g/mol. The van der Waals surface area contributed by atoms with Crippen molar-refractivity contribution < 1.29 is 0 Å². The molecule has 0 aliphatic heterocycles. The largest absolute Gasteiger partial charge is 0.264 e. The first-order valence-corrected chi connectivity index (χ1v) is 13.1. The lowest BCUT2D eigenvalue weighted by molar-refractivity contribution is 1.26. The minimum Gasteiger partial charge on any atom is -0.264 e. The van der Waals surface area contributed by atoms with Crippen LogP contribution in [-0.2, 0) is 0 Å². The lowest BCUT2D eigenvalue weighted by Gasteiger charge is -2.23. The Hall–Kier alpha value is -6.42. The van der Waals surface area contributed by atoms with Crippen LogP contribution in [0.5, 0.6) is 0 Å². The van der Waals surface area contributed by atoms with E-state index in [-0.39, 0.29) is 0 Å². The molecule has 0 radical (unpaired) electrons. The van der Waals surface area contributed by atoms with E-state index in [4.69, 9.17) is 9.97 Å². The van der Waals surface area contributed by atoms with Crippen LogP contribution < -0.4 is 0 Å². The van der Waals surface area contributed by atoms with Crippen LogP contribution >= 0.6 is 0 Å². The van der Waals surface area contributed by atoms with Gasteiger partial charge in [0.1, 0.15) is 0 Å². The van der Waals surface area contributed by atoms with Crippen LogP contribution in [0.15, 0.2) is 122 Å². The van der Waals surface area contributed by atoms with E-state index in [0.717, 1.165) is 5.56 Å². The van der Waals surface area contributed by atoms with Gasteiger partial charge in [-0.05, 0) is 36.4 Å². The van der Waals surface area contributed by atoms with Gasteiger partial charge in [-0.2, -0.15) is 15.8 Å². The standard InChI is InChI=1S/C36H20N6/c37-20-24-10-1-4-14-28(24)33-32(27-13-9-18-40-23-27)35(29-15-5-2-11-25(29)21-38)42-36(30-16-6-3-12-26(30)22-39)34(33)31-17-7-8-19-41-31/h1-19,23H. The third kappa shape index (κ3) is 4.54. The van der Waals surface area contributed by atoms with Crippen LogP contribution in [0.1, 0.15) is 16.7 Å². The van der Waals surface area contributed by atoms with Crippen molar-refractivity contribution in [3.63, 3.8) is 0 Å². The van der Waals surface area contributed by atoms with Gasteiger partial charge < -0.3 is 0 Å². The van der Waals surface area contributed by atoms with Gasteiger partial charge in [-0.25, -0.2) is 4.98 Å². The highest BCUT2D eigenvalue weighted by molar-refractivity contribution is 6.05. The van der Waals surface area contributed by atoms with Crippen molar-refractivity contribution in [3.8, 4) is 74.2 Å². The molecule has 0 amide bonds. The molecule has 42 heavy (non-hydrogen) atoms. The van der Waals surface area contributed by atoms with Gasteiger partial charge in [-0.1, -0.05) is 66.7 Å². The summed E-state index contributed by atoms with van der Waals surface area (Å²) in [5.41, 5.74) is 7.77. The number of hydrogen-bond acceptors (Lipinski definition) is 6. The number of aromatic nitrogens is 3. The highest BCUT2D eigenvalue weighted by Crippen LogP contribution is 2.49. The average Bonchev–Trinajstić information content (AvgIpc) is 3.08. The normalized spacial score (nSPS) is 10.3. The van der Waals surface area contributed by atoms with Crippen LogP contribution in [0.2, 0.25) is 0 Å². The molecule has 0 spiro atoms. The third-order valence-corrected chi connectivity index (χ3v) is 6.99. The van der Waals surface area contributed by atoms with Gasteiger partial charge in [0.05, 0.1) is 52.0 Å². The molecule has 3 aromatic heterocycles. The van der Waals surface area contributed by atoms with Crippen molar-refractivity contribution in [2.24, 2.45) is 0 Å². The molecular weight excluding hydrogens is 516 g/mol. The molecule has 0 fully saturated rings. The summed E-state index contributed by atoms with van der Waals surface area (Å²) in [6, 6.07) is 38.3. The zero-order valence-electron chi connectivity index (χ0n) is 22.2. The minimum atomic E-state index is 0.440. The molecule has 3 heterocycles. The SMILES string of the molecule is N#Cc1ccccc1-c1nc(-c2ccccc2C#N)c(-c2ccccn2)c(-c2ccccc2C#N)c1-c1cccnc1. The number of benzene rings is 3.